The van der Waals surface area contributed by atoms with E-state index in [1.54, 1.807) is 44.9 Å². The van der Waals surface area contributed by atoms with Crippen LogP contribution in [0.15, 0.2) is 0 Å². The lowest BCUT2D eigenvalue weighted by Gasteiger charge is -2.32. The minimum atomic E-state index is 1.17. The van der Waals surface area contributed by atoms with Gasteiger partial charge in [-0.05, 0) is 55.8 Å². The minimum Gasteiger partial charge on any atom is -0.0533 e. The van der Waals surface area contributed by atoms with Crippen LogP contribution in [0.5, 0.6) is 0 Å². The second kappa shape index (κ2) is 3.29. The second-order valence-corrected chi connectivity index (χ2v) is 5.65. The van der Waals surface area contributed by atoms with E-state index in [0.29, 0.717) is 0 Å². The molecule has 0 radical (unpaired) electrons. The molecule has 0 heterocycles. The Morgan fingerprint density at radius 1 is 0.538 bits per heavy atom. The first-order valence-electron chi connectivity index (χ1n) is 6.45. The molecule has 3 fully saturated rings. The van der Waals surface area contributed by atoms with Gasteiger partial charge >= 0.3 is 0 Å². The Labute approximate surface area is 82.1 Å². The van der Waals surface area contributed by atoms with E-state index in [2.05, 4.69) is 0 Å². The molecule has 0 amide bonds. The first-order chi connectivity index (χ1) is 6.45. The molecule has 0 saturated heterocycles. The molecule has 0 heteroatoms. The van der Waals surface area contributed by atoms with Crippen molar-refractivity contribution in [2.75, 3.05) is 0 Å². The highest BCUT2D eigenvalue weighted by Gasteiger charge is 2.46. The normalized spacial score (nSPS) is 49.8. The van der Waals surface area contributed by atoms with Crippen LogP contribution in [0.4, 0.5) is 0 Å². The van der Waals surface area contributed by atoms with Gasteiger partial charge in [0, 0.05) is 0 Å². The van der Waals surface area contributed by atoms with Crippen molar-refractivity contribution in [3.8, 4) is 0 Å². The monoisotopic (exact) mass is 178 g/mol. The Bertz CT molecular complexity index is 164. The highest BCUT2D eigenvalue weighted by molar-refractivity contribution is 4.96. The van der Waals surface area contributed by atoms with Gasteiger partial charge in [-0.3, -0.25) is 0 Å². The molecule has 4 atom stereocenters. The highest BCUT2D eigenvalue weighted by Crippen LogP contribution is 2.56. The predicted octanol–water partition coefficient (Wildman–Crippen LogP) is 4.00. The summed E-state index contributed by atoms with van der Waals surface area (Å²) in [5, 5.41) is 0. The average Bonchev–Trinajstić information content (AvgIpc) is 2.62. The van der Waals surface area contributed by atoms with Gasteiger partial charge in [0.1, 0.15) is 0 Å². The van der Waals surface area contributed by atoms with Gasteiger partial charge in [0.25, 0.3) is 0 Å². The molecule has 0 aliphatic heterocycles. The number of hydrogen-bond acceptors (Lipinski definition) is 0. The summed E-state index contributed by atoms with van der Waals surface area (Å²) in [7, 11) is 0. The van der Waals surface area contributed by atoms with Crippen molar-refractivity contribution in [1.82, 2.24) is 0 Å². The van der Waals surface area contributed by atoms with Crippen molar-refractivity contribution in [2.24, 2.45) is 23.7 Å². The first kappa shape index (κ1) is 8.32. The molecule has 3 rings (SSSR count). The van der Waals surface area contributed by atoms with Gasteiger partial charge < -0.3 is 0 Å². The molecule has 3 aliphatic carbocycles. The van der Waals surface area contributed by atoms with Crippen LogP contribution in [0.3, 0.4) is 0 Å². The lowest BCUT2D eigenvalue weighted by molar-refractivity contribution is 0.178. The zero-order valence-electron chi connectivity index (χ0n) is 8.67. The maximum atomic E-state index is 1.62. The summed E-state index contributed by atoms with van der Waals surface area (Å²) in [5.41, 5.74) is 0. The van der Waals surface area contributed by atoms with Gasteiger partial charge in [0.15, 0.2) is 0 Å². The third-order valence-electron chi connectivity index (χ3n) is 5.10. The average molecular weight is 178 g/mol. The van der Waals surface area contributed by atoms with Crippen molar-refractivity contribution in [3.05, 3.63) is 0 Å². The molecular weight excluding hydrogens is 156 g/mol. The maximum Gasteiger partial charge on any atom is -0.0355 e. The van der Waals surface area contributed by atoms with E-state index in [0.717, 1.165) is 0 Å². The van der Waals surface area contributed by atoms with E-state index in [4.69, 9.17) is 0 Å². The van der Waals surface area contributed by atoms with E-state index in [1.165, 1.54) is 36.5 Å². The Hall–Kier alpha value is 0. The second-order valence-electron chi connectivity index (χ2n) is 5.65. The molecule has 3 aliphatic rings. The first-order valence-corrected chi connectivity index (χ1v) is 6.45. The van der Waals surface area contributed by atoms with Gasteiger partial charge in [-0.25, -0.2) is 0 Å². The van der Waals surface area contributed by atoms with E-state index in [-0.39, 0.29) is 0 Å². The zero-order chi connectivity index (χ0) is 8.67. The number of rotatable bonds is 0. The zero-order valence-corrected chi connectivity index (χ0v) is 8.67. The summed E-state index contributed by atoms with van der Waals surface area (Å²) in [6.45, 7) is 0. The van der Waals surface area contributed by atoms with Gasteiger partial charge in [-0.2, -0.15) is 0 Å². The summed E-state index contributed by atoms with van der Waals surface area (Å²) in [6, 6.07) is 0. The van der Waals surface area contributed by atoms with E-state index >= 15 is 0 Å². The van der Waals surface area contributed by atoms with Crippen LogP contribution in [0, 0.1) is 23.7 Å². The molecule has 74 valence electrons. The smallest absolute Gasteiger partial charge is 0.0355 e. The van der Waals surface area contributed by atoms with Gasteiger partial charge in [-0.15, -0.1) is 0 Å². The quantitative estimate of drug-likeness (QED) is 0.526. The third kappa shape index (κ3) is 1.33. The fourth-order valence-electron chi connectivity index (χ4n) is 4.54. The van der Waals surface area contributed by atoms with E-state index < -0.39 is 0 Å². The van der Waals surface area contributed by atoms with Crippen LogP contribution in [0.1, 0.15) is 57.8 Å². The molecule has 0 aromatic rings. The summed E-state index contributed by atoms with van der Waals surface area (Å²) >= 11 is 0. The number of hydrogen-bond donors (Lipinski definition) is 0. The number of fused-ring (bicyclic) bond motifs is 5. The lowest BCUT2D eigenvalue weighted by Crippen LogP contribution is -2.23. The van der Waals surface area contributed by atoms with Gasteiger partial charge in [0.05, 0.1) is 0 Å². The van der Waals surface area contributed by atoms with Crippen LogP contribution in [-0.4, -0.2) is 0 Å². The summed E-state index contributed by atoms with van der Waals surface area (Å²) in [4.78, 5) is 0. The maximum absolute atomic E-state index is 1.62. The molecule has 4 unspecified atom stereocenters. The molecular formula is C13H22. The minimum absolute atomic E-state index is 1.17. The molecule has 13 heavy (non-hydrogen) atoms. The molecule has 0 aromatic heterocycles. The van der Waals surface area contributed by atoms with Crippen molar-refractivity contribution in [2.45, 2.75) is 57.8 Å². The fraction of sp³-hybridized carbons (Fsp3) is 1.00. The molecule has 2 bridgehead atoms. The van der Waals surface area contributed by atoms with Crippen molar-refractivity contribution < 1.29 is 0 Å². The molecule has 0 nitrogen and oxygen atoms in total. The van der Waals surface area contributed by atoms with Crippen molar-refractivity contribution in [1.29, 1.82) is 0 Å². The molecule has 3 saturated carbocycles. The van der Waals surface area contributed by atoms with Crippen LogP contribution in [0.25, 0.3) is 0 Å². The van der Waals surface area contributed by atoms with Crippen LogP contribution in [-0.2, 0) is 0 Å². The molecule has 0 aromatic carbocycles. The summed E-state index contributed by atoms with van der Waals surface area (Å²) in [5.74, 6) is 4.71. The predicted molar refractivity (Wildman–Crippen MR) is 55.5 cm³/mol. The largest absolute Gasteiger partial charge is 0.0533 e. The van der Waals surface area contributed by atoms with E-state index in [1.807, 2.05) is 0 Å². The molecule has 0 spiro atoms. The fourth-order valence-corrected chi connectivity index (χ4v) is 4.54. The Balaban J connectivity index is 1.74. The Kier molecular flexibility index (Phi) is 2.11. The summed E-state index contributed by atoms with van der Waals surface area (Å²) < 4.78 is 0. The van der Waals surface area contributed by atoms with E-state index in [9.17, 15) is 0 Å². The van der Waals surface area contributed by atoms with Crippen LogP contribution in [0.2, 0.25) is 0 Å². The highest BCUT2D eigenvalue weighted by atomic mass is 14.5. The van der Waals surface area contributed by atoms with Crippen LogP contribution < -0.4 is 0 Å². The summed E-state index contributed by atoms with van der Waals surface area (Å²) in [6.07, 6.45) is 14.1. The topological polar surface area (TPSA) is 0 Å². The lowest BCUT2D eigenvalue weighted by atomic mass is 9.73. The molecule has 0 N–H and O–H groups in total. The van der Waals surface area contributed by atoms with Crippen molar-refractivity contribution >= 4 is 0 Å². The van der Waals surface area contributed by atoms with Crippen LogP contribution >= 0.6 is 0 Å². The van der Waals surface area contributed by atoms with Crippen molar-refractivity contribution in [3.63, 3.8) is 0 Å². The Morgan fingerprint density at radius 3 is 1.62 bits per heavy atom. The van der Waals surface area contributed by atoms with Gasteiger partial charge in [-0.1, -0.05) is 25.7 Å². The SMILES string of the molecule is C1CCCC2C3CCC(C3)C2CC1. The van der Waals surface area contributed by atoms with Gasteiger partial charge in [0.2, 0.25) is 0 Å². The standard InChI is InChI=1S/C13H22/c1-2-4-6-13-11-8-7-10(9-11)12(13)5-3-1/h10-13H,1-9H2. The third-order valence-corrected chi connectivity index (χ3v) is 5.10. The Morgan fingerprint density at radius 2 is 1.08 bits per heavy atom.